The molecule has 7 heteroatoms. The summed E-state index contributed by atoms with van der Waals surface area (Å²) in [5.41, 5.74) is -0.537. The molecule has 3 N–H and O–H groups in total. The Kier molecular flexibility index (Phi) is 9.37. The summed E-state index contributed by atoms with van der Waals surface area (Å²) in [6.45, 7) is 8.34. The zero-order valence-corrected chi connectivity index (χ0v) is 16.0. The molecule has 1 aromatic rings. The lowest BCUT2D eigenvalue weighted by atomic mass is 9.92. The van der Waals surface area contributed by atoms with Gasteiger partial charge in [0.25, 0.3) is 0 Å². The van der Waals surface area contributed by atoms with Gasteiger partial charge in [-0.25, -0.2) is 0 Å². The van der Waals surface area contributed by atoms with Gasteiger partial charge in [0.05, 0.1) is 18.2 Å². The number of aliphatic imine (C=N–C) groups is 1. The number of guanidine groups is 1. The minimum absolute atomic E-state index is 0.0211. The maximum atomic E-state index is 12.1. The molecule has 136 valence electrons. The fraction of sp³-hybridized carbons (Fsp3) is 0.647. The molecule has 0 fully saturated rings. The molecule has 0 aliphatic carbocycles. The first-order valence-electron chi connectivity index (χ1n) is 8.31. The lowest BCUT2D eigenvalue weighted by Crippen LogP contribution is -2.42. The molecule has 0 saturated carbocycles. The lowest BCUT2D eigenvalue weighted by Gasteiger charge is -2.22. The summed E-state index contributed by atoms with van der Waals surface area (Å²) in [7, 11) is 0. The first-order chi connectivity index (χ1) is 11.5. The summed E-state index contributed by atoms with van der Waals surface area (Å²) in [5.74, 6) is 2.69. The Balaban J connectivity index is 2.56. The van der Waals surface area contributed by atoms with Gasteiger partial charge >= 0.3 is 0 Å². The zero-order chi connectivity index (χ0) is 17.8. The van der Waals surface area contributed by atoms with Crippen molar-refractivity contribution in [1.82, 2.24) is 16.0 Å². The van der Waals surface area contributed by atoms with Crippen molar-refractivity contribution in [1.29, 1.82) is 0 Å². The molecule has 24 heavy (non-hydrogen) atoms. The van der Waals surface area contributed by atoms with Crippen LogP contribution >= 0.6 is 11.8 Å². The van der Waals surface area contributed by atoms with Gasteiger partial charge < -0.3 is 20.4 Å². The highest BCUT2D eigenvalue weighted by molar-refractivity contribution is 7.98. The summed E-state index contributed by atoms with van der Waals surface area (Å²) >= 11 is 1.78. The summed E-state index contributed by atoms with van der Waals surface area (Å²) in [4.78, 5) is 16.7. The highest BCUT2D eigenvalue weighted by Gasteiger charge is 2.26. The van der Waals surface area contributed by atoms with E-state index in [4.69, 9.17) is 4.42 Å². The maximum Gasteiger partial charge on any atom is 0.227 e. The third kappa shape index (κ3) is 7.77. The molecule has 1 amide bonds. The third-order valence-electron chi connectivity index (χ3n) is 3.43. The lowest BCUT2D eigenvalue weighted by molar-refractivity contribution is -0.128. The predicted octanol–water partition coefficient (Wildman–Crippen LogP) is 1.88. The second kappa shape index (κ2) is 11.0. The Morgan fingerprint density at radius 1 is 1.29 bits per heavy atom. The van der Waals surface area contributed by atoms with Crippen LogP contribution in [0, 0.1) is 5.41 Å². The first kappa shape index (κ1) is 20.4. The normalized spacial score (nSPS) is 12.1. The number of nitrogens with zero attached hydrogens (tertiary/aromatic N) is 1. The van der Waals surface area contributed by atoms with Gasteiger partial charge in [0, 0.05) is 31.8 Å². The van der Waals surface area contributed by atoms with E-state index < -0.39 is 5.41 Å². The van der Waals surface area contributed by atoms with Crippen molar-refractivity contribution < 1.29 is 9.21 Å². The van der Waals surface area contributed by atoms with Crippen LogP contribution in [-0.4, -0.2) is 50.1 Å². The number of thioether (sulfide) groups is 1. The van der Waals surface area contributed by atoms with Crippen molar-refractivity contribution in [2.24, 2.45) is 10.4 Å². The van der Waals surface area contributed by atoms with E-state index in [2.05, 4.69) is 27.2 Å². The van der Waals surface area contributed by atoms with E-state index in [9.17, 15) is 4.79 Å². The van der Waals surface area contributed by atoms with Crippen molar-refractivity contribution >= 4 is 23.6 Å². The number of nitrogens with one attached hydrogen (secondary N) is 3. The minimum Gasteiger partial charge on any atom is -0.469 e. The molecule has 0 aliphatic heterocycles. The smallest absolute Gasteiger partial charge is 0.227 e. The van der Waals surface area contributed by atoms with Crippen LogP contribution in [-0.2, 0) is 11.2 Å². The van der Waals surface area contributed by atoms with Crippen LogP contribution in [0.1, 0.15) is 26.5 Å². The Morgan fingerprint density at radius 2 is 2.04 bits per heavy atom. The Bertz CT molecular complexity index is 501. The van der Waals surface area contributed by atoms with E-state index >= 15 is 0 Å². The number of hydrogen-bond acceptors (Lipinski definition) is 4. The van der Waals surface area contributed by atoms with Gasteiger partial charge in [-0.05, 0) is 39.2 Å². The van der Waals surface area contributed by atoms with Gasteiger partial charge in [0.2, 0.25) is 5.91 Å². The molecule has 0 spiro atoms. The first-order valence-corrected chi connectivity index (χ1v) is 9.70. The van der Waals surface area contributed by atoms with Crippen LogP contribution in [0.5, 0.6) is 0 Å². The molecule has 0 aromatic carbocycles. The zero-order valence-electron chi connectivity index (χ0n) is 15.1. The van der Waals surface area contributed by atoms with E-state index in [0.29, 0.717) is 13.1 Å². The second-order valence-electron chi connectivity index (χ2n) is 6.08. The molecule has 0 saturated heterocycles. The van der Waals surface area contributed by atoms with Crippen LogP contribution in [0.3, 0.4) is 0 Å². The molecular weight excluding hydrogens is 324 g/mol. The average molecular weight is 355 g/mol. The van der Waals surface area contributed by atoms with Crippen LogP contribution in [0.25, 0.3) is 0 Å². The quantitative estimate of drug-likeness (QED) is 0.340. The molecule has 0 bridgehead atoms. The van der Waals surface area contributed by atoms with Crippen LogP contribution in [0.15, 0.2) is 27.8 Å². The average Bonchev–Trinajstić information content (AvgIpc) is 3.06. The van der Waals surface area contributed by atoms with Gasteiger partial charge in [-0.2, -0.15) is 11.8 Å². The molecule has 0 atom stereocenters. The van der Waals surface area contributed by atoms with Crippen LogP contribution in [0.4, 0.5) is 0 Å². The molecule has 0 radical (unpaired) electrons. The number of carbonyl (C=O) groups is 1. The van der Waals surface area contributed by atoms with Gasteiger partial charge in [0.1, 0.15) is 5.76 Å². The van der Waals surface area contributed by atoms with Gasteiger partial charge in [-0.3, -0.25) is 9.79 Å². The molecule has 0 aliphatic rings. The van der Waals surface area contributed by atoms with Gasteiger partial charge in [-0.1, -0.05) is 0 Å². The molecule has 1 heterocycles. The SMILES string of the molecule is CCNC(=O)C(C)(C)CN=C(NCCSC)NCCc1ccco1. The predicted molar refractivity (Wildman–Crippen MR) is 102 cm³/mol. The molecule has 0 unspecified atom stereocenters. The molecule has 1 rings (SSSR count). The monoisotopic (exact) mass is 354 g/mol. The fourth-order valence-corrected chi connectivity index (χ4v) is 2.26. The molecule has 1 aromatic heterocycles. The van der Waals surface area contributed by atoms with Crippen LogP contribution in [0.2, 0.25) is 0 Å². The fourth-order valence-electron chi connectivity index (χ4n) is 1.95. The summed E-state index contributed by atoms with van der Waals surface area (Å²) < 4.78 is 5.33. The largest absolute Gasteiger partial charge is 0.469 e. The second-order valence-corrected chi connectivity index (χ2v) is 7.07. The maximum absolute atomic E-state index is 12.1. The number of amides is 1. The summed E-state index contributed by atoms with van der Waals surface area (Å²) in [5, 5.41) is 9.46. The Hall–Kier alpha value is -1.63. The highest BCUT2D eigenvalue weighted by atomic mass is 32.2. The minimum atomic E-state index is -0.537. The van der Waals surface area contributed by atoms with E-state index in [0.717, 1.165) is 37.0 Å². The van der Waals surface area contributed by atoms with E-state index in [1.165, 1.54) is 0 Å². The number of furan rings is 1. The van der Waals surface area contributed by atoms with Crippen molar-refractivity contribution in [3.05, 3.63) is 24.2 Å². The molecule has 6 nitrogen and oxygen atoms in total. The van der Waals surface area contributed by atoms with E-state index in [-0.39, 0.29) is 5.91 Å². The summed E-state index contributed by atoms with van der Waals surface area (Å²) in [6.07, 6.45) is 4.53. The standard InChI is InChI=1S/C17H30N4O2S/c1-5-18-15(22)17(2,3)13-21-16(20-10-12-24-4)19-9-8-14-7-6-11-23-14/h6-7,11H,5,8-10,12-13H2,1-4H3,(H,18,22)(H2,19,20,21). The van der Waals surface area contributed by atoms with E-state index in [1.807, 2.05) is 32.9 Å². The van der Waals surface area contributed by atoms with Gasteiger partial charge in [0.15, 0.2) is 5.96 Å². The number of carbonyl (C=O) groups excluding carboxylic acids is 1. The number of rotatable bonds is 10. The summed E-state index contributed by atoms with van der Waals surface area (Å²) in [6, 6.07) is 3.84. The van der Waals surface area contributed by atoms with E-state index in [1.54, 1.807) is 18.0 Å². The third-order valence-corrected chi connectivity index (χ3v) is 4.04. The van der Waals surface area contributed by atoms with Crippen molar-refractivity contribution in [2.75, 3.05) is 38.2 Å². The Labute approximate surface area is 149 Å². The van der Waals surface area contributed by atoms with Crippen molar-refractivity contribution in [2.45, 2.75) is 27.2 Å². The number of hydrogen-bond donors (Lipinski definition) is 3. The molecular formula is C17H30N4O2S. The van der Waals surface area contributed by atoms with Crippen molar-refractivity contribution in [3.8, 4) is 0 Å². The topological polar surface area (TPSA) is 78.7 Å². The Morgan fingerprint density at radius 3 is 2.67 bits per heavy atom. The van der Waals surface area contributed by atoms with Gasteiger partial charge in [-0.15, -0.1) is 0 Å². The van der Waals surface area contributed by atoms with Crippen LogP contribution < -0.4 is 16.0 Å². The van der Waals surface area contributed by atoms with Crippen molar-refractivity contribution in [3.63, 3.8) is 0 Å². The highest BCUT2D eigenvalue weighted by Crippen LogP contribution is 2.15.